The first-order valence-corrected chi connectivity index (χ1v) is 6.14. The van der Waals surface area contributed by atoms with Crippen LogP contribution in [0.3, 0.4) is 0 Å². The predicted octanol–water partition coefficient (Wildman–Crippen LogP) is -0.664. The Hall–Kier alpha value is -2.28. The maximum Gasteiger partial charge on any atom is 0.206 e. The lowest BCUT2D eigenvalue weighted by Gasteiger charge is -2.20. The van der Waals surface area contributed by atoms with E-state index < -0.39 is 30.6 Å². The van der Waals surface area contributed by atoms with Gasteiger partial charge in [-0.15, -0.1) is 0 Å². The van der Waals surface area contributed by atoms with Crippen LogP contribution in [0.25, 0.3) is 5.52 Å². The van der Waals surface area contributed by atoms with E-state index in [0.29, 0.717) is 5.52 Å². The fourth-order valence-electron chi connectivity index (χ4n) is 2.45. The SMILES string of the molecule is N#C[C@]1(CO)OC(c2ccc3c(N)ncnn23)C(F)C1O. The molecule has 0 bridgehead atoms. The van der Waals surface area contributed by atoms with Crippen LogP contribution in [0.2, 0.25) is 0 Å². The number of rotatable bonds is 2. The van der Waals surface area contributed by atoms with Gasteiger partial charge in [-0.3, -0.25) is 0 Å². The molecule has 4 N–H and O–H groups in total. The number of ether oxygens (including phenoxy) is 1. The number of aromatic nitrogens is 3. The first-order valence-electron chi connectivity index (χ1n) is 6.14. The number of aliphatic hydroxyl groups is 2. The average molecular weight is 293 g/mol. The summed E-state index contributed by atoms with van der Waals surface area (Å²) in [7, 11) is 0. The van der Waals surface area contributed by atoms with E-state index in [1.54, 1.807) is 12.1 Å². The molecule has 0 aromatic carbocycles. The number of fused-ring (bicyclic) bond motifs is 1. The molecule has 0 saturated carbocycles. The zero-order chi connectivity index (χ0) is 15.2. The van der Waals surface area contributed by atoms with Crippen LogP contribution in [0.5, 0.6) is 0 Å². The van der Waals surface area contributed by atoms with E-state index in [4.69, 9.17) is 15.7 Å². The van der Waals surface area contributed by atoms with Gasteiger partial charge in [-0.2, -0.15) is 10.4 Å². The summed E-state index contributed by atoms with van der Waals surface area (Å²) < 4.78 is 21.0. The summed E-state index contributed by atoms with van der Waals surface area (Å²) in [6, 6.07) is 4.73. The Balaban J connectivity index is 2.08. The van der Waals surface area contributed by atoms with Crippen LogP contribution >= 0.6 is 0 Å². The van der Waals surface area contributed by atoms with Gasteiger partial charge in [0.2, 0.25) is 5.60 Å². The van der Waals surface area contributed by atoms with Gasteiger partial charge >= 0.3 is 0 Å². The molecule has 2 aromatic heterocycles. The maximum absolute atomic E-state index is 14.3. The second-order valence-electron chi connectivity index (χ2n) is 4.79. The number of nitrogens with zero attached hydrogens (tertiary/aromatic N) is 4. The van der Waals surface area contributed by atoms with Crippen molar-refractivity contribution in [2.75, 3.05) is 12.3 Å². The van der Waals surface area contributed by atoms with Gasteiger partial charge in [0.15, 0.2) is 12.0 Å². The number of anilines is 1. The number of nitrogen functional groups attached to an aromatic ring is 1. The van der Waals surface area contributed by atoms with E-state index in [2.05, 4.69) is 10.1 Å². The second kappa shape index (κ2) is 4.63. The van der Waals surface area contributed by atoms with Crippen LogP contribution < -0.4 is 5.73 Å². The Morgan fingerprint density at radius 1 is 1.57 bits per heavy atom. The highest BCUT2D eigenvalue weighted by atomic mass is 19.1. The highest BCUT2D eigenvalue weighted by Crippen LogP contribution is 2.41. The van der Waals surface area contributed by atoms with Crippen molar-refractivity contribution in [1.29, 1.82) is 5.26 Å². The first-order chi connectivity index (χ1) is 10.0. The van der Waals surface area contributed by atoms with Gasteiger partial charge in [0.05, 0.1) is 12.3 Å². The maximum atomic E-state index is 14.3. The largest absolute Gasteiger partial charge is 0.392 e. The molecular weight excluding hydrogens is 281 g/mol. The van der Waals surface area contributed by atoms with Crippen molar-refractivity contribution in [3.05, 3.63) is 24.2 Å². The van der Waals surface area contributed by atoms with Crippen molar-refractivity contribution in [2.24, 2.45) is 0 Å². The van der Waals surface area contributed by atoms with E-state index in [1.807, 2.05) is 0 Å². The topological polar surface area (TPSA) is 130 Å². The number of hydrogen-bond donors (Lipinski definition) is 3. The minimum Gasteiger partial charge on any atom is -0.392 e. The standard InChI is InChI=1S/C12H12FN5O3/c13-8-9(21-12(3-14,4-19)10(8)20)6-1-2-7-11(15)16-5-17-18(6)7/h1-2,5,8-10,19-20H,4H2,(H2,15,16,17)/t8?,9?,10?,12-/m1/s1. The number of halogens is 1. The van der Waals surface area contributed by atoms with Crippen molar-refractivity contribution in [3.63, 3.8) is 0 Å². The Bertz CT molecular complexity index is 729. The molecule has 0 aliphatic carbocycles. The van der Waals surface area contributed by atoms with E-state index in [-0.39, 0.29) is 11.5 Å². The van der Waals surface area contributed by atoms with Gasteiger partial charge in [-0.25, -0.2) is 13.9 Å². The van der Waals surface area contributed by atoms with Gasteiger partial charge < -0.3 is 20.7 Å². The zero-order valence-corrected chi connectivity index (χ0v) is 10.7. The molecule has 110 valence electrons. The molecule has 3 rings (SSSR count). The highest BCUT2D eigenvalue weighted by molar-refractivity contribution is 5.65. The Kier molecular flexibility index (Phi) is 3.02. The lowest BCUT2D eigenvalue weighted by atomic mass is 9.97. The van der Waals surface area contributed by atoms with Gasteiger partial charge in [0.1, 0.15) is 30.1 Å². The molecule has 0 radical (unpaired) electrons. The fourth-order valence-corrected chi connectivity index (χ4v) is 2.45. The number of nitriles is 1. The number of nitrogens with two attached hydrogens (primary N) is 1. The van der Waals surface area contributed by atoms with Gasteiger partial charge in [0, 0.05) is 0 Å². The molecule has 1 aliphatic heterocycles. The minimum atomic E-state index is -1.99. The summed E-state index contributed by atoms with van der Waals surface area (Å²) in [5, 5.41) is 32.1. The van der Waals surface area contributed by atoms with Crippen molar-refractivity contribution >= 4 is 11.3 Å². The molecule has 3 heterocycles. The molecule has 1 aliphatic rings. The normalized spacial score (nSPS) is 32.4. The lowest BCUT2D eigenvalue weighted by Crippen LogP contribution is -2.44. The van der Waals surface area contributed by atoms with E-state index in [9.17, 15) is 14.6 Å². The van der Waals surface area contributed by atoms with Crippen LogP contribution in [0.1, 0.15) is 11.8 Å². The third-order valence-corrected chi connectivity index (χ3v) is 3.63. The third-order valence-electron chi connectivity index (χ3n) is 3.63. The van der Waals surface area contributed by atoms with Crippen molar-refractivity contribution in [3.8, 4) is 6.07 Å². The second-order valence-corrected chi connectivity index (χ2v) is 4.79. The van der Waals surface area contributed by atoms with Crippen LogP contribution in [0.4, 0.5) is 10.2 Å². The summed E-state index contributed by atoms with van der Waals surface area (Å²) in [5.41, 5.74) is 4.42. The summed E-state index contributed by atoms with van der Waals surface area (Å²) in [5.74, 6) is 0.207. The Labute approximate surface area is 118 Å². The molecular formula is C12H12FN5O3. The zero-order valence-electron chi connectivity index (χ0n) is 10.7. The molecule has 3 unspecified atom stereocenters. The highest BCUT2D eigenvalue weighted by Gasteiger charge is 2.56. The fraction of sp³-hybridized carbons (Fsp3) is 0.417. The summed E-state index contributed by atoms with van der Waals surface area (Å²) in [6.07, 6.45) is -3.69. The van der Waals surface area contributed by atoms with Crippen molar-refractivity contribution < 1.29 is 19.3 Å². The molecule has 4 atom stereocenters. The van der Waals surface area contributed by atoms with Crippen LogP contribution in [-0.2, 0) is 4.74 Å². The molecule has 1 fully saturated rings. The summed E-state index contributed by atoms with van der Waals surface area (Å²) >= 11 is 0. The molecule has 8 nitrogen and oxygen atoms in total. The van der Waals surface area contributed by atoms with E-state index >= 15 is 0 Å². The van der Waals surface area contributed by atoms with E-state index in [0.717, 1.165) is 0 Å². The summed E-state index contributed by atoms with van der Waals surface area (Å²) in [4.78, 5) is 3.81. The molecule has 1 saturated heterocycles. The molecule has 0 spiro atoms. The first kappa shape index (κ1) is 13.7. The minimum absolute atomic E-state index is 0.207. The number of hydrogen-bond acceptors (Lipinski definition) is 7. The third kappa shape index (κ3) is 1.77. The Morgan fingerprint density at radius 2 is 2.33 bits per heavy atom. The lowest BCUT2D eigenvalue weighted by molar-refractivity contribution is -0.0746. The van der Waals surface area contributed by atoms with Crippen molar-refractivity contribution in [1.82, 2.24) is 14.6 Å². The molecule has 2 aromatic rings. The van der Waals surface area contributed by atoms with Crippen LogP contribution in [0.15, 0.2) is 18.5 Å². The molecule has 0 amide bonds. The number of aliphatic hydroxyl groups excluding tert-OH is 2. The molecule has 9 heteroatoms. The Morgan fingerprint density at radius 3 is 2.95 bits per heavy atom. The monoisotopic (exact) mass is 293 g/mol. The van der Waals surface area contributed by atoms with Gasteiger partial charge in [0.25, 0.3) is 0 Å². The van der Waals surface area contributed by atoms with Gasteiger partial charge in [-0.05, 0) is 12.1 Å². The summed E-state index contributed by atoms with van der Waals surface area (Å²) in [6.45, 7) is -0.817. The number of alkyl halides is 1. The van der Waals surface area contributed by atoms with Crippen LogP contribution in [0, 0.1) is 11.3 Å². The smallest absolute Gasteiger partial charge is 0.206 e. The van der Waals surface area contributed by atoms with E-state index in [1.165, 1.54) is 16.9 Å². The van der Waals surface area contributed by atoms with Gasteiger partial charge in [-0.1, -0.05) is 0 Å². The predicted molar refractivity (Wildman–Crippen MR) is 67.6 cm³/mol. The molecule has 21 heavy (non-hydrogen) atoms. The quantitative estimate of drug-likeness (QED) is 0.669. The van der Waals surface area contributed by atoms with Crippen molar-refractivity contribution in [2.45, 2.75) is 24.0 Å². The van der Waals surface area contributed by atoms with Crippen LogP contribution in [-0.4, -0.2) is 49.3 Å². The average Bonchev–Trinajstić information content (AvgIpc) is 3.02.